The largest absolute Gasteiger partial charge is 0.465 e. The fraction of sp³-hybridized carbons (Fsp3) is 0.667. The molecule has 0 aliphatic heterocycles. The Morgan fingerprint density at radius 1 is 1.47 bits per heavy atom. The first-order valence-electron chi connectivity index (χ1n) is 5.57. The van der Waals surface area contributed by atoms with Crippen LogP contribution in [-0.2, 0) is 6.54 Å². The van der Waals surface area contributed by atoms with Crippen LogP contribution in [0.1, 0.15) is 31.8 Å². The monoisotopic (exact) mass is 211 g/mol. The second kappa shape index (κ2) is 5.93. The molecule has 0 aliphatic rings. The van der Waals surface area contributed by atoms with Crippen LogP contribution in [0.4, 0.5) is 0 Å². The van der Waals surface area contributed by atoms with E-state index in [1.54, 1.807) is 0 Å². The molecule has 0 saturated carbocycles. The van der Waals surface area contributed by atoms with Gasteiger partial charge in [0.05, 0.1) is 12.6 Å². The number of rotatable bonds is 6. The van der Waals surface area contributed by atoms with Gasteiger partial charge < -0.3 is 14.8 Å². The lowest BCUT2D eigenvalue weighted by atomic mass is 10.0. The van der Waals surface area contributed by atoms with Gasteiger partial charge in [-0.3, -0.25) is 0 Å². The Kier molecular flexibility index (Phi) is 4.85. The summed E-state index contributed by atoms with van der Waals surface area (Å²) >= 11 is 0. The molecule has 0 fully saturated rings. The van der Waals surface area contributed by atoms with Gasteiger partial charge in [0.15, 0.2) is 0 Å². The Morgan fingerprint density at radius 3 is 2.73 bits per heavy atom. The molecule has 1 aromatic heterocycles. The molecule has 1 aromatic rings. The van der Waals surface area contributed by atoms with Crippen molar-refractivity contribution in [2.45, 2.75) is 39.8 Å². The minimum Gasteiger partial charge on any atom is -0.465 e. The highest BCUT2D eigenvalue weighted by molar-refractivity contribution is 5.05. The summed E-state index contributed by atoms with van der Waals surface area (Å²) < 4.78 is 5.41. The van der Waals surface area contributed by atoms with Gasteiger partial charge in [-0.25, -0.2) is 0 Å². The summed E-state index contributed by atoms with van der Waals surface area (Å²) in [7, 11) is 0. The summed E-state index contributed by atoms with van der Waals surface area (Å²) in [5.41, 5.74) is 0. The van der Waals surface area contributed by atoms with Crippen molar-refractivity contribution in [1.29, 1.82) is 0 Å². The Hall–Kier alpha value is -0.800. The van der Waals surface area contributed by atoms with Crippen LogP contribution in [0.3, 0.4) is 0 Å². The van der Waals surface area contributed by atoms with E-state index in [4.69, 9.17) is 4.42 Å². The number of aliphatic hydroxyl groups excluding tert-OH is 1. The van der Waals surface area contributed by atoms with Crippen molar-refractivity contribution >= 4 is 0 Å². The molecule has 0 aliphatic carbocycles. The van der Waals surface area contributed by atoms with E-state index in [0.29, 0.717) is 19.0 Å². The van der Waals surface area contributed by atoms with E-state index in [9.17, 15) is 5.11 Å². The van der Waals surface area contributed by atoms with Gasteiger partial charge in [-0.05, 0) is 25.0 Å². The van der Waals surface area contributed by atoms with Crippen LogP contribution < -0.4 is 5.32 Å². The molecule has 2 unspecified atom stereocenters. The van der Waals surface area contributed by atoms with Gasteiger partial charge in [0.25, 0.3) is 0 Å². The van der Waals surface area contributed by atoms with Gasteiger partial charge in [-0.2, -0.15) is 0 Å². The lowest BCUT2D eigenvalue weighted by molar-refractivity contribution is 0.112. The summed E-state index contributed by atoms with van der Waals surface area (Å²) in [4.78, 5) is 0. The third-order valence-corrected chi connectivity index (χ3v) is 2.75. The third-order valence-electron chi connectivity index (χ3n) is 2.75. The Bertz CT molecular complexity index is 283. The maximum absolute atomic E-state index is 9.71. The van der Waals surface area contributed by atoms with E-state index in [-0.39, 0.29) is 6.10 Å². The molecule has 3 nitrogen and oxygen atoms in total. The van der Waals surface area contributed by atoms with Crippen molar-refractivity contribution in [3.05, 3.63) is 23.7 Å². The first-order chi connectivity index (χ1) is 7.13. The fourth-order valence-electron chi connectivity index (χ4n) is 1.40. The molecule has 0 spiro atoms. The first kappa shape index (κ1) is 12.3. The minimum atomic E-state index is -0.272. The fourth-order valence-corrected chi connectivity index (χ4v) is 1.40. The number of furan rings is 1. The van der Waals surface area contributed by atoms with Crippen molar-refractivity contribution < 1.29 is 9.52 Å². The van der Waals surface area contributed by atoms with E-state index in [2.05, 4.69) is 19.2 Å². The maximum Gasteiger partial charge on any atom is 0.117 e. The maximum atomic E-state index is 9.71. The molecule has 2 atom stereocenters. The van der Waals surface area contributed by atoms with Crippen molar-refractivity contribution in [2.24, 2.45) is 5.92 Å². The third kappa shape index (κ3) is 4.06. The molecular formula is C12H21NO2. The Morgan fingerprint density at radius 2 is 2.20 bits per heavy atom. The molecule has 0 saturated heterocycles. The lowest BCUT2D eigenvalue weighted by Gasteiger charge is -2.17. The Labute approximate surface area is 91.5 Å². The van der Waals surface area contributed by atoms with E-state index < -0.39 is 0 Å². The summed E-state index contributed by atoms with van der Waals surface area (Å²) in [5.74, 6) is 2.19. The van der Waals surface area contributed by atoms with Gasteiger partial charge in [-0.15, -0.1) is 0 Å². The molecule has 1 heterocycles. The average Bonchev–Trinajstić information content (AvgIpc) is 2.63. The topological polar surface area (TPSA) is 45.4 Å². The first-order valence-corrected chi connectivity index (χ1v) is 5.57. The van der Waals surface area contributed by atoms with Crippen molar-refractivity contribution in [3.8, 4) is 0 Å². The Balaban J connectivity index is 2.21. The second-order valence-corrected chi connectivity index (χ2v) is 4.10. The molecule has 15 heavy (non-hydrogen) atoms. The van der Waals surface area contributed by atoms with Gasteiger partial charge in [-0.1, -0.05) is 20.3 Å². The van der Waals surface area contributed by atoms with Crippen LogP contribution in [0.5, 0.6) is 0 Å². The molecule has 1 rings (SSSR count). The zero-order valence-electron chi connectivity index (χ0n) is 9.79. The predicted molar refractivity (Wildman–Crippen MR) is 60.6 cm³/mol. The molecule has 0 amide bonds. The molecule has 0 radical (unpaired) electrons. The summed E-state index contributed by atoms with van der Waals surface area (Å²) in [6.45, 7) is 7.38. The van der Waals surface area contributed by atoms with Crippen LogP contribution >= 0.6 is 0 Å². The highest BCUT2D eigenvalue weighted by atomic mass is 16.3. The van der Waals surface area contributed by atoms with Crippen molar-refractivity contribution in [1.82, 2.24) is 5.32 Å². The van der Waals surface area contributed by atoms with Crippen molar-refractivity contribution in [3.63, 3.8) is 0 Å². The summed E-state index contributed by atoms with van der Waals surface area (Å²) in [5, 5.41) is 12.9. The molecule has 2 N–H and O–H groups in total. The van der Waals surface area contributed by atoms with Gasteiger partial charge in [0.1, 0.15) is 11.5 Å². The zero-order chi connectivity index (χ0) is 11.3. The molecular weight excluding hydrogens is 190 g/mol. The molecule has 3 heteroatoms. The van der Waals surface area contributed by atoms with Crippen LogP contribution in [0, 0.1) is 12.8 Å². The lowest BCUT2D eigenvalue weighted by Crippen LogP contribution is -2.31. The van der Waals surface area contributed by atoms with E-state index in [1.165, 1.54) is 0 Å². The number of nitrogens with one attached hydrogen (secondary N) is 1. The normalized spacial score (nSPS) is 15.2. The van der Waals surface area contributed by atoms with Crippen LogP contribution in [0.2, 0.25) is 0 Å². The van der Waals surface area contributed by atoms with E-state index in [1.807, 2.05) is 19.1 Å². The van der Waals surface area contributed by atoms with Crippen LogP contribution in [0.15, 0.2) is 16.5 Å². The molecule has 0 aromatic carbocycles. The highest BCUT2D eigenvalue weighted by Crippen LogP contribution is 2.08. The minimum absolute atomic E-state index is 0.272. The number of aryl methyl sites for hydroxylation is 1. The molecule has 86 valence electrons. The highest BCUT2D eigenvalue weighted by Gasteiger charge is 2.11. The predicted octanol–water partition coefficient (Wildman–Crippen LogP) is 2.08. The van der Waals surface area contributed by atoms with Crippen LogP contribution in [-0.4, -0.2) is 17.8 Å². The van der Waals surface area contributed by atoms with Gasteiger partial charge in [0.2, 0.25) is 0 Å². The van der Waals surface area contributed by atoms with Gasteiger partial charge >= 0.3 is 0 Å². The standard InChI is InChI=1S/C12H21NO2/c1-4-9(2)12(14)8-13-7-11-6-5-10(3)15-11/h5-6,9,12-14H,4,7-8H2,1-3H3. The van der Waals surface area contributed by atoms with Crippen LogP contribution in [0.25, 0.3) is 0 Å². The smallest absolute Gasteiger partial charge is 0.117 e. The summed E-state index contributed by atoms with van der Waals surface area (Å²) in [6.07, 6.45) is 0.731. The van der Waals surface area contributed by atoms with E-state index in [0.717, 1.165) is 17.9 Å². The SMILES string of the molecule is CCC(C)C(O)CNCc1ccc(C)o1. The van der Waals surface area contributed by atoms with E-state index >= 15 is 0 Å². The zero-order valence-corrected chi connectivity index (χ0v) is 9.79. The quantitative estimate of drug-likeness (QED) is 0.757. The van der Waals surface area contributed by atoms with Crippen molar-refractivity contribution in [2.75, 3.05) is 6.54 Å². The number of aliphatic hydroxyl groups is 1. The summed E-state index contributed by atoms with van der Waals surface area (Å²) in [6, 6.07) is 3.90. The molecule has 0 bridgehead atoms. The number of hydrogen-bond donors (Lipinski definition) is 2. The average molecular weight is 211 g/mol. The van der Waals surface area contributed by atoms with Gasteiger partial charge in [0, 0.05) is 6.54 Å². The second-order valence-electron chi connectivity index (χ2n) is 4.10. The number of hydrogen-bond acceptors (Lipinski definition) is 3.